The zero-order chi connectivity index (χ0) is 21.2. The molecule has 0 radical (unpaired) electrons. The minimum Gasteiger partial charge on any atom is -0.301 e. The van der Waals surface area contributed by atoms with Crippen molar-refractivity contribution in [1.29, 1.82) is 0 Å². The number of hydrogen-bond donors (Lipinski definition) is 0. The zero-order valence-corrected chi connectivity index (χ0v) is 18.5. The molecule has 4 aromatic rings. The largest absolute Gasteiger partial charge is 0.301 e. The van der Waals surface area contributed by atoms with Gasteiger partial charge in [0.25, 0.3) is 0 Å². The van der Waals surface area contributed by atoms with Gasteiger partial charge in [0.15, 0.2) is 0 Å². The number of pyridine rings is 1. The summed E-state index contributed by atoms with van der Waals surface area (Å²) in [5, 5.41) is 0. The summed E-state index contributed by atoms with van der Waals surface area (Å²) in [4.78, 5) is 10.2. The normalized spacial score (nSPS) is 15.5. The minimum absolute atomic E-state index is 0.917. The summed E-state index contributed by atoms with van der Waals surface area (Å²) in [6, 6.07) is 23.7. The number of piperazine rings is 1. The van der Waals surface area contributed by atoms with E-state index < -0.39 is 0 Å². The Bertz CT molecular complexity index is 1150. The van der Waals surface area contributed by atoms with Crippen LogP contribution in [-0.2, 0) is 6.54 Å². The van der Waals surface area contributed by atoms with Crippen LogP contribution in [-0.4, -0.2) is 51.9 Å². The van der Waals surface area contributed by atoms with E-state index in [1.807, 2.05) is 0 Å². The van der Waals surface area contributed by atoms with Gasteiger partial charge in [-0.1, -0.05) is 67.1 Å². The molecule has 1 fully saturated rings. The van der Waals surface area contributed by atoms with Gasteiger partial charge in [0, 0.05) is 44.5 Å². The van der Waals surface area contributed by atoms with E-state index in [1.54, 1.807) is 0 Å². The van der Waals surface area contributed by atoms with Crippen molar-refractivity contribution in [3.8, 4) is 22.4 Å². The Morgan fingerprint density at radius 1 is 0.742 bits per heavy atom. The summed E-state index contributed by atoms with van der Waals surface area (Å²) >= 11 is 0. The van der Waals surface area contributed by atoms with Gasteiger partial charge < -0.3 is 9.30 Å². The Morgan fingerprint density at radius 3 is 2.13 bits per heavy atom. The number of likely N-dealkylation sites (N-methyl/N-ethyl adjacent to an activating group) is 1. The zero-order valence-electron chi connectivity index (χ0n) is 18.5. The smallest absolute Gasteiger partial charge is 0.137 e. The number of aryl methyl sites for hydroxylation is 1. The van der Waals surface area contributed by atoms with Crippen molar-refractivity contribution in [3.63, 3.8) is 0 Å². The molecule has 0 N–H and O–H groups in total. The third kappa shape index (κ3) is 4.14. The van der Waals surface area contributed by atoms with Crippen LogP contribution in [0.15, 0.2) is 72.9 Å². The Balaban J connectivity index is 1.58. The summed E-state index contributed by atoms with van der Waals surface area (Å²) in [6.07, 6.45) is 2.26. The van der Waals surface area contributed by atoms with Gasteiger partial charge in [-0.05, 0) is 36.7 Å². The van der Waals surface area contributed by atoms with E-state index in [-0.39, 0.29) is 0 Å². The molecule has 0 spiro atoms. The summed E-state index contributed by atoms with van der Waals surface area (Å²) in [7, 11) is 0. The number of imidazole rings is 1. The molecule has 1 aliphatic rings. The predicted molar refractivity (Wildman–Crippen MR) is 128 cm³/mol. The molecule has 2 aromatic heterocycles. The first-order valence-electron chi connectivity index (χ1n) is 11.3. The van der Waals surface area contributed by atoms with E-state index in [0.717, 1.165) is 50.6 Å². The molecule has 0 amide bonds. The van der Waals surface area contributed by atoms with Crippen LogP contribution in [0.1, 0.15) is 18.2 Å². The highest BCUT2D eigenvalue weighted by Gasteiger charge is 2.21. The number of fused-ring (bicyclic) bond motifs is 1. The molecule has 158 valence electrons. The molecule has 31 heavy (non-hydrogen) atoms. The lowest BCUT2D eigenvalue weighted by atomic mass is 10.1. The van der Waals surface area contributed by atoms with Gasteiger partial charge >= 0.3 is 0 Å². The maximum Gasteiger partial charge on any atom is 0.137 e. The second kappa shape index (κ2) is 8.66. The van der Waals surface area contributed by atoms with Crippen LogP contribution in [0.2, 0.25) is 0 Å². The molecule has 3 heterocycles. The van der Waals surface area contributed by atoms with Gasteiger partial charge in [-0.15, -0.1) is 0 Å². The highest BCUT2D eigenvalue weighted by atomic mass is 15.3. The predicted octanol–water partition coefficient (Wildman–Crippen LogP) is 5.11. The molecule has 0 unspecified atom stereocenters. The quantitative estimate of drug-likeness (QED) is 0.457. The first-order chi connectivity index (χ1) is 15.2. The standard InChI is InChI=1S/C27H30N4/c1-3-29-15-17-30(18-16-29)20-25-27(23-11-9-21(2)10-12-23)28-26-14-13-24(19-31(25)26)22-7-5-4-6-8-22/h4-14,19H,3,15-18,20H2,1-2H3. The van der Waals surface area contributed by atoms with E-state index in [2.05, 4.69) is 101 Å². The van der Waals surface area contributed by atoms with Crippen molar-refractivity contribution >= 4 is 5.65 Å². The Morgan fingerprint density at radius 2 is 1.42 bits per heavy atom. The van der Waals surface area contributed by atoms with Crippen molar-refractivity contribution in [2.45, 2.75) is 20.4 Å². The first kappa shape index (κ1) is 20.0. The third-order valence-corrected chi connectivity index (χ3v) is 6.44. The van der Waals surface area contributed by atoms with Gasteiger partial charge in [-0.3, -0.25) is 4.90 Å². The third-order valence-electron chi connectivity index (χ3n) is 6.44. The monoisotopic (exact) mass is 410 g/mol. The van der Waals surface area contributed by atoms with Gasteiger partial charge in [0.1, 0.15) is 5.65 Å². The van der Waals surface area contributed by atoms with Gasteiger partial charge in [-0.2, -0.15) is 0 Å². The van der Waals surface area contributed by atoms with Crippen molar-refractivity contribution in [1.82, 2.24) is 19.2 Å². The summed E-state index contributed by atoms with van der Waals surface area (Å²) in [5.41, 5.74) is 8.31. The number of rotatable bonds is 5. The SMILES string of the molecule is CCN1CCN(Cc2c(-c3ccc(C)cc3)nc3ccc(-c4ccccc4)cn23)CC1. The summed E-state index contributed by atoms with van der Waals surface area (Å²) < 4.78 is 2.31. The van der Waals surface area contributed by atoms with E-state index in [9.17, 15) is 0 Å². The van der Waals surface area contributed by atoms with E-state index in [4.69, 9.17) is 4.98 Å². The average molecular weight is 411 g/mol. The summed E-state index contributed by atoms with van der Waals surface area (Å²) in [5.74, 6) is 0. The van der Waals surface area contributed by atoms with Crippen LogP contribution >= 0.6 is 0 Å². The summed E-state index contributed by atoms with van der Waals surface area (Å²) in [6.45, 7) is 10.9. The Kier molecular flexibility index (Phi) is 5.58. The maximum atomic E-state index is 5.07. The van der Waals surface area contributed by atoms with E-state index >= 15 is 0 Å². The van der Waals surface area contributed by atoms with Crippen molar-refractivity contribution in [2.24, 2.45) is 0 Å². The van der Waals surface area contributed by atoms with Crippen LogP contribution in [0.3, 0.4) is 0 Å². The van der Waals surface area contributed by atoms with Crippen molar-refractivity contribution in [3.05, 3.63) is 84.2 Å². The molecule has 1 saturated heterocycles. The van der Waals surface area contributed by atoms with Gasteiger partial charge in [-0.25, -0.2) is 4.98 Å². The van der Waals surface area contributed by atoms with Crippen LogP contribution in [0.5, 0.6) is 0 Å². The lowest BCUT2D eigenvalue weighted by Crippen LogP contribution is -2.45. The fourth-order valence-electron chi connectivity index (χ4n) is 4.46. The molecule has 0 bridgehead atoms. The molecule has 0 saturated carbocycles. The molecule has 1 aliphatic heterocycles. The Labute approximate surface area is 184 Å². The second-order valence-electron chi connectivity index (χ2n) is 8.50. The molecule has 0 aliphatic carbocycles. The number of benzene rings is 2. The van der Waals surface area contributed by atoms with Crippen LogP contribution in [0.25, 0.3) is 28.0 Å². The minimum atomic E-state index is 0.917. The number of nitrogens with zero attached hydrogens (tertiary/aromatic N) is 4. The molecular weight excluding hydrogens is 380 g/mol. The lowest BCUT2D eigenvalue weighted by Gasteiger charge is -2.34. The van der Waals surface area contributed by atoms with Crippen molar-refractivity contribution in [2.75, 3.05) is 32.7 Å². The van der Waals surface area contributed by atoms with Crippen molar-refractivity contribution < 1.29 is 0 Å². The molecule has 5 rings (SSSR count). The Hall–Kier alpha value is -2.95. The number of hydrogen-bond acceptors (Lipinski definition) is 3. The lowest BCUT2D eigenvalue weighted by molar-refractivity contribution is 0.131. The highest BCUT2D eigenvalue weighted by Crippen LogP contribution is 2.29. The maximum absolute atomic E-state index is 5.07. The average Bonchev–Trinajstić information content (AvgIpc) is 3.18. The van der Waals surface area contributed by atoms with Gasteiger partial charge in [0.05, 0.1) is 11.4 Å². The first-order valence-corrected chi connectivity index (χ1v) is 11.3. The molecular formula is C27H30N4. The molecule has 2 aromatic carbocycles. The van der Waals surface area contributed by atoms with Crippen LogP contribution in [0.4, 0.5) is 0 Å². The van der Waals surface area contributed by atoms with Crippen LogP contribution < -0.4 is 0 Å². The number of aromatic nitrogens is 2. The van der Waals surface area contributed by atoms with Gasteiger partial charge in [0.2, 0.25) is 0 Å². The molecule has 4 heteroatoms. The van der Waals surface area contributed by atoms with E-state index in [0.29, 0.717) is 0 Å². The highest BCUT2D eigenvalue weighted by molar-refractivity contribution is 5.70. The topological polar surface area (TPSA) is 23.8 Å². The molecule has 4 nitrogen and oxygen atoms in total. The molecule has 0 atom stereocenters. The fourth-order valence-corrected chi connectivity index (χ4v) is 4.46. The van der Waals surface area contributed by atoms with Crippen LogP contribution in [0, 0.1) is 6.92 Å². The van der Waals surface area contributed by atoms with E-state index in [1.165, 1.54) is 27.9 Å². The second-order valence-corrected chi connectivity index (χ2v) is 8.50. The fraction of sp³-hybridized carbons (Fsp3) is 0.296.